The number of amides is 2. The molecular formula is C32H38N4O5. The van der Waals surface area contributed by atoms with E-state index in [-0.39, 0.29) is 11.8 Å². The maximum atomic E-state index is 13.7. The lowest BCUT2D eigenvalue weighted by Gasteiger charge is -2.28. The van der Waals surface area contributed by atoms with Gasteiger partial charge in [0, 0.05) is 49.5 Å². The second-order valence-corrected chi connectivity index (χ2v) is 9.97. The Morgan fingerprint density at radius 3 is 2.56 bits per heavy atom. The van der Waals surface area contributed by atoms with Crippen LogP contribution in [0.3, 0.4) is 0 Å². The molecule has 3 aromatic carbocycles. The monoisotopic (exact) mass is 558 g/mol. The van der Waals surface area contributed by atoms with Crippen LogP contribution in [-0.2, 0) is 27.3 Å². The topological polar surface area (TPSA) is 109 Å². The largest absolute Gasteiger partial charge is 0.497 e. The Morgan fingerprint density at radius 1 is 1.05 bits per heavy atom. The molecule has 0 aromatic heterocycles. The van der Waals surface area contributed by atoms with Gasteiger partial charge in [-0.3, -0.25) is 14.4 Å². The number of hydrogen-bond acceptors (Lipinski definition) is 7. The van der Waals surface area contributed by atoms with Crippen LogP contribution in [0.1, 0.15) is 41.3 Å². The first-order valence-corrected chi connectivity index (χ1v) is 14.0. The molecule has 1 heterocycles. The first-order chi connectivity index (χ1) is 20.0. The predicted molar refractivity (Wildman–Crippen MR) is 159 cm³/mol. The summed E-state index contributed by atoms with van der Waals surface area (Å²) in [6, 6.07) is 22.4. The van der Waals surface area contributed by atoms with Crippen LogP contribution in [0.15, 0.2) is 72.8 Å². The molecule has 2 amide bonds. The van der Waals surface area contributed by atoms with Gasteiger partial charge in [0.1, 0.15) is 11.9 Å². The Kier molecular flexibility index (Phi) is 10.7. The number of ether oxygens (including phenoxy) is 2. The predicted octanol–water partition coefficient (Wildman–Crippen LogP) is 3.93. The van der Waals surface area contributed by atoms with Crippen LogP contribution in [0.25, 0.3) is 0 Å². The van der Waals surface area contributed by atoms with Crippen LogP contribution in [-0.4, -0.2) is 57.2 Å². The van der Waals surface area contributed by atoms with Crippen molar-refractivity contribution < 1.29 is 23.9 Å². The van der Waals surface area contributed by atoms with Crippen LogP contribution in [0.2, 0.25) is 0 Å². The lowest BCUT2D eigenvalue weighted by Crippen LogP contribution is -2.50. The molecule has 1 aliphatic rings. The number of nitrogens with one attached hydrogen (secondary N) is 3. The van der Waals surface area contributed by atoms with Crippen molar-refractivity contribution in [3.05, 3.63) is 89.5 Å². The normalized spacial score (nSPS) is 14.3. The van der Waals surface area contributed by atoms with Gasteiger partial charge in [-0.15, -0.1) is 0 Å². The van der Waals surface area contributed by atoms with E-state index in [0.717, 1.165) is 29.0 Å². The maximum absolute atomic E-state index is 13.7. The van der Waals surface area contributed by atoms with Crippen molar-refractivity contribution >= 4 is 29.7 Å². The van der Waals surface area contributed by atoms with E-state index in [1.807, 2.05) is 67.6 Å². The first-order valence-electron chi connectivity index (χ1n) is 14.0. The summed E-state index contributed by atoms with van der Waals surface area (Å²) in [6.45, 7) is 4.54. The minimum atomic E-state index is -0.640. The highest BCUT2D eigenvalue weighted by Gasteiger charge is 2.27. The molecule has 41 heavy (non-hydrogen) atoms. The zero-order valence-corrected chi connectivity index (χ0v) is 23.6. The second kappa shape index (κ2) is 14.9. The molecule has 3 N–H and O–H groups in total. The lowest BCUT2D eigenvalue weighted by molar-refractivity contribution is -0.134. The molecule has 0 radical (unpaired) electrons. The molecule has 1 saturated heterocycles. The second-order valence-electron chi connectivity index (χ2n) is 9.97. The van der Waals surface area contributed by atoms with Gasteiger partial charge in [-0.1, -0.05) is 42.5 Å². The Balaban J connectivity index is 1.55. The minimum absolute atomic E-state index is 0.0496. The van der Waals surface area contributed by atoms with Gasteiger partial charge in [0.15, 0.2) is 0 Å². The zero-order valence-electron chi connectivity index (χ0n) is 23.6. The molecular weight excluding hydrogens is 520 g/mol. The van der Waals surface area contributed by atoms with Gasteiger partial charge in [-0.05, 0) is 61.2 Å². The average Bonchev–Trinajstić information content (AvgIpc) is 3.43. The van der Waals surface area contributed by atoms with Gasteiger partial charge in [0.2, 0.25) is 5.91 Å². The molecule has 0 unspecified atom stereocenters. The number of benzene rings is 3. The number of carbonyl (C=O) groups is 3. The van der Waals surface area contributed by atoms with Crippen molar-refractivity contribution in [1.29, 1.82) is 0 Å². The molecule has 4 rings (SSSR count). The smallest absolute Gasteiger partial charge is 0.293 e. The number of methoxy groups -OCH3 is 1. The molecule has 9 nitrogen and oxygen atoms in total. The molecule has 0 spiro atoms. The lowest BCUT2D eigenvalue weighted by atomic mass is 10.00. The van der Waals surface area contributed by atoms with Crippen molar-refractivity contribution in [2.24, 2.45) is 0 Å². The molecule has 9 heteroatoms. The summed E-state index contributed by atoms with van der Waals surface area (Å²) in [5.74, 6) is 0.494. The van der Waals surface area contributed by atoms with Crippen LogP contribution in [0.4, 0.5) is 11.4 Å². The summed E-state index contributed by atoms with van der Waals surface area (Å²) in [4.78, 5) is 39.4. The SMILES string of the molecule is CCNc1cc(C(=O)N[C@@H](Cc2ccccc2)[C@@H](CNCc2cccc(OC)c2)OC=O)cc(N2CCCC2=O)c1. The van der Waals surface area contributed by atoms with E-state index < -0.39 is 12.1 Å². The van der Waals surface area contributed by atoms with Crippen LogP contribution < -0.4 is 25.6 Å². The van der Waals surface area contributed by atoms with Crippen molar-refractivity contribution in [3.63, 3.8) is 0 Å². The number of carbonyl (C=O) groups excluding carboxylic acids is 3. The highest BCUT2D eigenvalue weighted by molar-refractivity contribution is 6.00. The summed E-state index contributed by atoms with van der Waals surface area (Å²) < 4.78 is 10.8. The van der Waals surface area contributed by atoms with Crippen molar-refractivity contribution in [2.45, 2.75) is 44.9 Å². The van der Waals surface area contributed by atoms with E-state index in [4.69, 9.17) is 9.47 Å². The number of hydrogen-bond donors (Lipinski definition) is 3. The van der Waals surface area contributed by atoms with Crippen molar-refractivity contribution in [2.75, 3.05) is 37.0 Å². The van der Waals surface area contributed by atoms with Crippen LogP contribution >= 0.6 is 0 Å². The summed E-state index contributed by atoms with van der Waals surface area (Å²) in [6.07, 6.45) is 1.10. The number of anilines is 2. The zero-order chi connectivity index (χ0) is 29.0. The first kappa shape index (κ1) is 29.6. The molecule has 216 valence electrons. The average molecular weight is 559 g/mol. The van der Waals surface area contributed by atoms with Gasteiger partial charge in [-0.25, -0.2) is 0 Å². The third-order valence-corrected chi connectivity index (χ3v) is 7.05. The summed E-state index contributed by atoms with van der Waals surface area (Å²) >= 11 is 0. The molecule has 0 aliphatic carbocycles. The standard InChI is InChI=1S/C32H38N4O5/c1-3-34-26-17-25(18-27(19-26)36-14-8-13-31(36)38)32(39)35-29(16-23-9-5-4-6-10-23)30(41-22-37)21-33-20-24-11-7-12-28(15-24)40-2/h4-7,9-12,15,17-19,22,29-30,33-34H,3,8,13-14,16,20-21H2,1-2H3,(H,35,39)/t29-,30+/m0/s1. The molecule has 1 aliphatic heterocycles. The fourth-order valence-corrected chi connectivity index (χ4v) is 5.02. The van der Waals surface area contributed by atoms with Gasteiger partial charge < -0.3 is 30.3 Å². The van der Waals surface area contributed by atoms with Crippen molar-refractivity contribution in [3.8, 4) is 5.75 Å². The fourth-order valence-electron chi connectivity index (χ4n) is 5.02. The quantitative estimate of drug-likeness (QED) is 0.243. The molecule has 2 atom stereocenters. The van der Waals surface area contributed by atoms with E-state index >= 15 is 0 Å². The van der Waals surface area contributed by atoms with E-state index in [1.54, 1.807) is 24.1 Å². The van der Waals surface area contributed by atoms with Gasteiger partial charge in [0.05, 0.1) is 13.2 Å². The highest BCUT2D eigenvalue weighted by atomic mass is 16.5. The van der Waals surface area contributed by atoms with E-state index in [1.165, 1.54) is 0 Å². The number of rotatable bonds is 15. The summed E-state index contributed by atoms with van der Waals surface area (Å²) in [5.41, 5.74) is 3.88. The Labute approximate surface area is 241 Å². The molecule has 1 fully saturated rings. The van der Waals surface area contributed by atoms with Crippen LogP contribution in [0, 0.1) is 0 Å². The maximum Gasteiger partial charge on any atom is 0.293 e. The Hall–Kier alpha value is -4.37. The van der Waals surface area contributed by atoms with E-state index in [2.05, 4.69) is 16.0 Å². The minimum Gasteiger partial charge on any atom is -0.497 e. The Morgan fingerprint density at radius 2 is 1.85 bits per heavy atom. The van der Waals surface area contributed by atoms with E-state index in [0.29, 0.717) is 56.7 Å². The third kappa shape index (κ3) is 8.31. The van der Waals surface area contributed by atoms with Crippen LogP contribution in [0.5, 0.6) is 5.75 Å². The third-order valence-electron chi connectivity index (χ3n) is 7.05. The van der Waals surface area contributed by atoms with E-state index in [9.17, 15) is 14.4 Å². The summed E-state index contributed by atoms with van der Waals surface area (Å²) in [7, 11) is 1.62. The summed E-state index contributed by atoms with van der Waals surface area (Å²) in [5, 5.41) is 9.73. The Bertz CT molecular complexity index is 1320. The number of nitrogens with zero attached hydrogens (tertiary/aromatic N) is 1. The fraction of sp³-hybridized carbons (Fsp3) is 0.344. The highest BCUT2D eigenvalue weighted by Crippen LogP contribution is 2.27. The van der Waals surface area contributed by atoms with Gasteiger partial charge in [-0.2, -0.15) is 0 Å². The molecule has 0 bridgehead atoms. The molecule has 3 aromatic rings. The van der Waals surface area contributed by atoms with Gasteiger partial charge in [0.25, 0.3) is 12.4 Å². The molecule has 0 saturated carbocycles. The van der Waals surface area contributed by atoms with Gasteiger partial charge >= 0.3 is 0 Å². The van der Waals surface area contributed by atoms with Crippen molar-refractivity contribution in [1.82, 2.24) is 10.6 Å².